The molecule has 1 aromatic carbocycles. The minimum Gasteiger partial charge on any atom is -0.467 e. The second-order valence-electron chi connectivity index (χ2n) is 7.83. The van der Waals surface area contributed by atoms with Gasteiger partial charge in [-0.15, -0.1) is 0 Å². The molecule has 2 aromatic heterocycles. The molecule has 0 radical (unpaired) electrons. The minimum atomic E-state index is -0.0882. The first kappa shape index (κ1) is 20.5. The van der Waals surface area contributed by atoms with Crippen LogP contribution in [0.1, 0.15) is 54.1 Å². The quantitative estimate of drug-likeness (QED) is 0.467. The Labute approximate surface area is 181 Å². The van der Waals surface area contributed by atoms with Crippen molar-refractivity contribution >= 4 is 23.6 Å². The number of aromatic nitrogens is 2. The van der Waals surface area contributed by atoms with Crippen LogP contribution in [0.2, 0.25) is 5.02 Å². The number of carbonyl (C=O) groups is 1. The molecule has 4 rings (SSSR count). The van der Waals surface area contributed by atoms with E-state index >= 15 is 0 Å². The van der Waals surface area contributed by atoms with Gasteiger partial charge in [0.2, 0.25) is 5.91 Å². The molecule has 0 bridgehead atoms. The van der Waals surface area contributed by atoms with Crippen LogP contribution in [0.4, 0.5) is 0 Å². The molecule has 1 aliphatic carbocycles. The molecule has 6 heteroatoms. The molecule has 0 N–H and O–H groups in total. The van der Waals surface area contributed by atoms with Crippen molar-refractivity contribution in [1.82, 2.24) is 14.7 Å². The van der Waals surface area contributed by atoms with Gasteiger partial charge in [0.15, 0.2) is 0 Å². The van der Waals surface area contributed by atoms with Gasteiger partial charge >= 0.3 is 0 Å². The summed E-state index contributed by atoms with van der Waals surface area (Å²) < 4.78 is 7.47. The van der Waals surface area contributed by atoms with Crippen LogP contribution in [0.25, 0.3) is 6.08 Å². The van der Waals surface area contributed by atoms with Gasteiger partial charge in [0.05, 0.1) is 24.5 Å². The Kier molecular flexibility index (Phi) is 5.82. The Bertz CT molecular complexity index is 1060. The molecule has 0 aliphatic heterocycles. The highest BCUT2D eigenvalue weighted by Crippen LogP contribution is 2.35. The normalized spacial score (nSPS) is 14.9. The van der Waals surface area contributed by atoms with Crippen molar-refractivity contribution in [1.29, 1.82) is 0 Å². The lowest BCUT2D eigenvalue weighted by atomic mass is 10.1. The van der Waals surface area contributed by atoms with Crippen molar-refractivity contribution in [3.63, 3.8) is 0 Å². The number of hydrogen-bond donors (Lipinski definition) is 0. The largest absolute Gasteiger partial charge is 0.467 e. The number of nitrogens with zero attached hydrogens (tertiary/aromatic N) is 3. The van der Waals surface area contributed by atoms with E-state index in [1.807, 2.05) is 72.8 Å². The van der Waals surface area contributed by atoms with Gasteiger partial charge in [0.25, 0.3) is 0 Å². The molecule has 156 valence electrons. The van der Waals surface area contributed by atoms with E-state index in [-0.39, 0.29) is 18.0 Å². The van der Waals surface area contributed by atoms with Gasteiger partial charge in [-0.1, -0.05) is 29.8 Å². The minimum absolute atomic E-state index is 0.000876. The van der Waals surface area contributed by atoms with Crippen LogP contribution in [0.3, 0.4) is 0 Å². The maximum atomic E-state index is 13.1. The molecule has 1 unspecified atom stereocenters. The van der Waals surface area contributed by atoms with Crippen LogP contribution in [-0.4, -0.2) is 26.6 Å². The van der Waals surface area contributed by atoms with Crippen molar-refractivity contribution in [2.24, 2.45) is 0 Å². The Morgan fingerprint density at radius 3 is 2.73 bits per heavy atom. The summed E-state index contributed by atoms with van der Waals surface area (Å²) in [6, 6.07) is 11.8. The zero-order valence-electron chi connectivity index (χ0n) is 17.5. The number of hydrogen-bond acceptors (Lipinski definition) is 3. The van der Waals surface area contributed by atoms with E-state index in [0.29, 0.717) is 6.54 Å². The Morgan fingerprint density at radius 1 is 1.30 bits per heavy atom. The number of halogens is 1. The summed E-state index contributed by atoms with van der Waals surface area (Å²) in [5.41, 5.74) is 3.88. The molecule has 0 spiro atoms. The Morgan fingerprint density at radius 2 is 2.07 bits per heavy atom. The van der Waals surface area contributed by atoms with Crippen molar-refractivity contribution in [3.8, 4) is 0 Å². The number of amides is 1. The SMILES string of the molecule is Cc1nn(Cc2ccccc2Cl)c(C)c1/C=C/C(=O)N(C1CC1)C(C)c1ccco1. The van der Waals surface area contributed by atoms with Gasteiger partial charge in [-0.3, -0.25) is 9.48 Å². The summed E-state index contributed by atoms with van der Waals surface area (Å²) >= 11 is 6.31. The molecule has 5 nitrogen and oxygen atoms in total. The molecule has 30 heavy (non-hydrogen) atoms. The van der Waals surface area contributed by atoms with Gasteiger partial charge < -0.3 is 9.32 Å². The van der Waals surface area contributed by atoms with Crippen LogP contribution in [0.5, 0.6) is 0 Å². The first-order chi connectivity index (χ1) is 14.5. The first-order valence-electron chi connectivity index (χ1n) is 10.3. The summed E-state index contributed by atoms with van der Waals surface area (Å²) in [5.74, 6) is 0.808. The van der Waals surface area contributed by atoms with E-state index < -0.39 is 0 Å². The molecule has 1 saturated carbocycles. The van der Waals surface area contributed by atoms with Crippen molar-refractivity contribution < 1.29 is 9.21 Å². The van der Waals surface area contributed by atoms with Gasteiger partial charge in [0, 0.05) is 28.4 Å². The smallest absolute Gasteiger partial charge is 0.247 e. The molecule has 0 saturated heterocycles. The molecule has 1 atom stereocenters. The third-order valence-electron chi connectivity index (χ3n) is 5.67. The van der Waals surface area contributed by atoms with Gasteiger partial charge in [0.1, 0.15) is 5.76 Å². The number of rotatable bonds is 7. The zero-order valence-corrected chi connectivity index (χ0v) is 18.3. The van der Waals surface area contributed by atoms with Crippen molar-refractivity contribution in [3.05, 3.63) is 82.0 Å². The van der Waals surface area contributed by atoms with Gasteiger partial charge in [-0.25, -0.2) is 0 Å². The fourth-order valence-corrected chi connectivity index (χ4v) is 4.04. The van der Waals surface area contributed by atoms with E-state index in [1.54, 1.807) is 12.3 Å². The van der Waals surface area contributed by atoms with Crippen LogP contribution in [-0.2, 0) is 11.3 Å². The van der Waals surface area contributed by atoms with E-state index in [0.717, 1.165) is 46.1 Å². The summed E-state index contributed by atoms with van der Waals surface area (Å²) in [7, 11) is 0. The third-order valence-corrected chi connectivity index (χ3v) is 6.04. The number of furan rings is 1. The Hall–Kier alpha value is -2.79. The molecular weight excluding hydrogens is 398 g/mol. The maximum absolute atomic E-state index is 13.1. The van der Waals surface area contributed by atoms with E-state index in [4.69, 9.17) is 16.0 Å². The lowest BCUT2D eigenvalue weighted by Gasteiger charge is -2.26. The second kappa shape index (κ2) is 8.52. The highest BCUT2D eigenvalue weighted by Gasteiger charge is 2.36. The lowest BCUT2D eigenvalue weighted by Crippen LogP contribution is -2.34. The molecule has 1 amide bonds. The number of aryl methyl sites for hydroxylation is 1. The zero-order chi connectivity index (χ0) is 21.3. The fraction of sp³-hybridized carbons (Fsp3) is 0.333. The van der Waals surface area contributed by atoms with Gasteiger partial charge in [-0.05, 0) is 63.5 Å². The van der Waals surface area contributed by atoms with Crippen molar-refractivity contribution in [2.45, 2.75) is 52.2 Å². The van der Waals surface area contributed by atoms with Crippen LogP contribution in [0, 0.1) is 13.8 Å². The monoisotopic (exact) mass is 423 g/mol. The average Bonchev–Trinajstić information content (AvgIpc) is 3.31. The molecule has 3 aromatic rings. The number of carbonyl (C=O) groups excluding carboxylic acids is 1. The summed E-state index contributed by atoms with van der Waals surface area (Å²) in [5, 5.41) is 5.39. The molecule has 1 aliphatic rings. The summed E-state index contributed by atoms with van der Waals surface area (Å²) in [6.07, 6.45) is 7.27. The predicted molar refractivity (Wildman–Crippen MR) is 118 cm³/mol. The summed E-state index contributed by atoms with van der Waals surface area (Å²) in [6.45, 7) is 6.59. The molecular formula is C24H26ClN3O2. The van der Waals surface area contributed by atoms with E-state index in [9.17, 15) is 4.79 Å². The van der Waals surface area contributed by atoms with E-state index in [1.165, 1.54) is 0 Å². The second-order valence-corrected chi connectivity index (χ2v) is 8.24. The van der Waals surface area contributed by atoms with Crippen LogP contribution in [0.15, 0.2) is 53.2 Å². The van der Waals surface area contributed by atoms with E-state index in [2.05, 4.69) is 5.10 Å². The fourth-order valence-electron chi connectivity index (χ4n) is 3.84. The first-order valence-corrected chi connectivity index (χ1v) is 10.6. The standard InChI is InChI=1S/C24H26ClN3O2/c1-16-21(17(2)27(26-16)15-19-7-4-5-8-22(19)25)12-13-24(29)28(20-10-11-20)18(3)23-9-6-14-30-23/h4-9,12-14,18,20H,10-11,15H2,1-3H3/b13-12+. The van der Waals surface area contributed by atoms with Crippen LogP contribution < -0.4 is 0 Å². The number of benzene rings is 1. The highest BCUT2D eigenvalue weighted by atomic mass is 35.5. The highest BCUT2D eigenvalue weighted by molar-refractivity contribution is 6.31. The molecule has 2 heterocycles. The van der Waals surface area contributed by atoms with Gasteiger partial charge in [-0.2, -0.15) is 5.10 Å². The maximum Gasteiger partial charge on any atom is 0.247 e. The van der Waals surface area contributed by atoms with Crippen LogP contribution >= 0.6 is 11.6 Å². The average molecular weight is 424 g/mol. The van der Waals surface area contributed by atoms with Crippen molar-refractivity contribution in [2.75, 3.05) is 0 Å². The molecule has 1 fully saturated rings. The summed E-state index contributed by atoms with van der Waals surface area (Å²) in [4.78, 5) is 15.0. The lowest BCUT2D eigenvalue weighted by molar-refractivity contribution is -0.129. The topological polar surface area (TPSA) is 51.3 Å². The third kappa shape index (κ3) is 4.21. The predicted octanol–water partition coefficient (Wildman–Crippen LogP) is 5.56. The Balaban J connectivity index is 1.54.